The third kappa shape index (κ3) is 1.98. The Bertz CT molecular complexity index is 563. The molecule has 2 aromatic rings. The Kier molecular flexibility index (Phi) is 2.48. The first kappa shape index (κ1) is 10.5. The molecule has 88 valence electrons. The molecule has 5 nitrogen and oxygen atoms in total. The van der Waals surface area contributed by atoms with Gasteiger partial charge in [0.1, 0.15) is 11.6 Å². The number of nitrogens with zero attached hydrogens (tertiary/aromatic N) is 4. The zero-order chi connectivity index (χ0) is 11.8. The molecule has 1 N–H and O–H groups in total. The summed E-state index contributed by atoms with van der Waals surface area (Å²) in [5, 5.41) is 3.45. The Morgan fingerprint density at radius 2 is 2.29 bits per heavy atom. The highest BCUT2D eigenvalue weighted by Crippen LogP contribution is 2.28. The summed E-state index contributed by atoms with van der Waals surface area (Å²) < 4.78 is 1.87. The van der Waals surface area contributed by atoms with Crippen LogP contribution in [0.25, 0.3) is 0 Å². The van der Waals surface area contributed by atoms with E-state index in [2.05, 4.69) is 26.7 Å². The summed E-state index contributed by atoms with van der Waals surface area (Å²) in [5.41, 5.74) is 2.11. The zero-order valence-corrected chi connectivity index (χ0v) is 10.1. The molecule has 0 unspecified atom stereocenters. The minimum absolute atomic E-state index is 0.275. The minimum atomic E-state index is 0.275. The molecule has 0 spiro atoms. The van der Waals surface area contributed by atoms with Crippen molar-refractivity contribution in [2.24, 2.45) is 7.05 Å². The van der Waals surface area contributed by atoms with Crippen LogP contribution >= 0.6 is 11.6 Å². The van der Waals surface area contributed by atoms with Gasteiger partial charge in [0.25, 0.3) is 0 Å². The van der Waals surface area contributed by atoms with Crippen molar-refractivity contribution in [1.29, 1.82) is 0 Å². The van der Waals surface area contributed by atoms with Gasteiger partial charge in [-0.15, -0.1) is 12.8 Å². The molecule has 17 heavy (non-hydrogen) atoms. The second-order valence-corrected chi connectivity index (χ2v) is 4.35. The van der Waals surface area contributed by atoms with E-state index in [4.69, 9.17) is 11.6 Å². The van der Waals surface area contributed by atoms with E-state index in [1.807, 2.05) is 17.8 Å². The maximum absolute atomic E-state index is 5.90. The van der Waals surface area contributed by atoms with E-state index in [9.17, 15) is 0 Å². The van der Waals surface area contributed by atoms with Crippen molar-refractivity contribution in [2.75, 3.05) is 5.32 Å². The molecule has 0 fully saturated rings. The summed E-state index contributed by atoms with van der Waals surface area (Å²) in [6.07, 6.45) is 7.52. The second kappa shape index (κ2) is 4.00. The van der Waals surface area contributed by atoms with Gasteiger partial charge in [0.15, 0.2) is 0 Å². The summed E-state index contributed by atoms with van der Waals surface area (Å²) >= 11 is 5.90. The van der Waals surface area contributed by atoms with Crippen LogP contribution in [0.2, 0.25) is 5.28 Å². The summed E-state index contributed by atoms with van der Waals surface area (Å²) in [6.45, 7) is 0. The summed E-state index contributed by atoms with van der Waals surface area (Å²) in [4.78, 5) is 12.6. The van der Waals surface area contributed by atoms with Crippen molar-refractivity contribution >= 4 is 23.2 Å². The smallest absolute Gasteiger partial charge is 0.224 e. The van der Waals surface area contributed by atoms with Gasteiger partial charge in [-0.05, 0) is 17.2 Å². The number of aryl methyl sites for hydroxylation is 1. The molecule has 3 rings (SSSR count). The Hall–Kier alpha value is -1.62. The average Bonchev–Trinajstić information content (AvgIpc) is 2.87. The van der Waals surface area contributed by atoms with Crippen LogP contribution in [-0.2, 0) is 19.9 Å². The normalized spacial score (nSPS) is 13.8. The molecule has 0 aliphatic heterocycles. The topological polar surface area (TPSA) is 55.6 Å². The quantitative estimate of drug-likeness (QED) is 0.652. The number of fused-ring (bicyclic) bond motifs is 1. The Morgan fingerprint density at radius 3 is 3.06 bits per heavy atom. The van der Waals surface area contributed by atoms with Crippen molar-refractivity contribution in [2.45, 2.75) is 12.8 Å². The highest BCUT2D eigenvalue weighted by Gasteiger charge is 2.14. The molecule has 6 heteroatoms. The number of hydrogen-bond donors (Lipinski definition) is 1. The maximum atomic E-state index is 5.90. The summed E-state index contributed by atoms with van der Waals surface area (Å²) in [6, 6.07) is 0. The summed E-state index contributed by atoms with van der Waals surface area (Å²) in [5.74, 6) is 1.52. The lowest BCUT2D eigenvalue weighted by molar-refractivity contribution is 0.913. The molecule has 0 aromatic carbocycles. The van der Waals surface area contributed by atoms with Crippen molar-refractivity contribution in [1.82, 2.24) is 19.5 Å². The molecule has 0 bridgehead atoms. The largest absolute Gasteiger partial charge is 0.338 e. The van der Waals surface area contributed by atoms with Crippen LogP contribution in [0.15, 0.2) is 12.5 Å². The molecule has 0 saturated heterocycles. The number of hydrogen-bond acceptors (Lipinski definition) is 4. The van der Waals surface area contributed by atoms with Gasteiger partial charge in [-0.1, -0.05) is 0 Å². The van der Waals surface area contributed by atoms with E-state index in [0.717, 1.165) is 35.7 Å². The van der Waals surface area contributed by atoms with Gasteiger partial charge in [-0.2, -0.15) is 0 Å². The number of imidazole rings is 1. The molecule has 2 aromatic heterocycles. The maximum Gasteiger partial charge on any atom is 0.224 e. The lowest BCUT2D eigenvalue weighted by atomic mass is 10.2. The van der Waals surface area contributed by atoms with E-state index in [-0.39, 0.29) is 5.28 Å². The van der Waals surface area contributed by atoms with Crippen LogP contribution in [0.4, 0.5) is 11.6 Å². The van der Waals surface area contributed by atoms with Gasteiger partial charge < -0.3 is 16.3 Å². The van der Waals surface area contributed by atoms with Crippen LogP contribution in [0.5, 0.6) is 0 Å². The lowest BCUT2D eigenvalue weighted by Crippen LogP contribution is -2.02. The number of halogens is 1. The predicted octanol–water partition coefficient (Wildman–Crippen LogP) is 1.91. The zero-order valence-electron chi connectivity index (χ0n) is 9.31. The Labute approximate surface area is 104 Å². The van der Waals surface area contributed by atoms with Crippen LogP contribution < -0.4 is 5.32 Å². The van der Waals surface area contributed by atoms with E-state index in [1.54, 1.807) is 6.33 Å². The van der Waals surface area contributed by atoms with Gasteiger partial charge in [0, 0.05) is 18.9 Å². The van der Waals surface area contributed by atoms with E-state index >= 15 is 0 Å². The lowest BCUT2D eigenvalue weighted by Gasteiger charge is -2.09. The minimum Gasteiger partial charge on any atom is -0.338 e. The van der Waals surface area contributed by atoms with Gasteiger partial charge in [0.05, 0.1) is 6.33 Å². The molecule has 0 amide bonds. The Morgan fingerprint density at radius 1 is 1.41 bits per heavy atom. The standard InChI is InChI=1S/C11H11ClN5/c1-17-5-9(13-6-17)15-10-7-3-2-4-8(7)14-11(12)16-10/h2,5-6H,3-4H2,1H3,(H,14,15,16)/q-1. The molecule has 2 heterocycles. The summed E-state index contributed by atoms with van der Waals surface area (Å²) in [7, 11) is 1.92. The highest BCUT2D eigenvalue weighted by molar-refractivity contribution is 6.28. The van der Waals surface area contributed by atoms with E-state index in [0.29, 0.717) is 0 Å². The monoisotopic (exact) mass is 248 g/mol. The van der Waals surface area contributed by atoms with Crippen LogP contribution in [0.1, 0.15) is 11.3 Å². The van der Waals surface area contributed by atoms with Gasteiger partial charge >= 0.3 is 0 Å². The van der Waals surface area contributed by atoms with E-state index in [1.165, 1.54) is 0 Å². The molecular formula is C11H11ClN5-. The fourth-order valence-corrected chi connectivity index (χ4v) is 2.13. The van der Waals surface area contributed by atoms with Crippen LogP contribution in [-0.4, -0.2) is 19.5 Å². The number of aromatic nitrogens is 4. The molecule has 0 radical (unpaired) electrons. The molecule has 1 aliphatic rings. The number of rotatable bonds is 2. The highest BCUT2D eigenvalue weighted by atomic mass is 35.5. The fourth-order valence-electron chi connectivity index (χ4n) is 1.94. The third-order valence-electron chi connectivity index (χ3n) is 2.70. The van der Waals surface area contributed by atoms with E-state index < -0.39 is 0 Å². The number of nitrogens with one attached hydrogen (secondary N) is 1. The van der Waals surface area contributed by atoms with Crippen LogP contribution in [0, 0.1) is 6.42 Å². The van der Waals surface area contributed by atoms with Gasteiger partial charge in [-0.25, -0.2) is 15.0 Å². The van der Waals surface area contributed by atoms with Crippen LogP contribution in [0.3, 0.4) is 0 Å². The average molecular weight is 249 g/mol. The molecular weight excluding hydrogens is 238 g/mol. The van der Waals surface area contributed by atoms with Crippen molar-refractivity contribution < 1.29 is 0 Å². The van der Waals surface area contributed by atoms with Crippen molar-refractivity contribution in [3.05, 3.63) is 35.5 Å². The molecule has 0 atom stereocenters. The van der Waals surface area contributed by atoms with Crippen molar-refractivity contribution in [3.63, 3.8) is 0 Å². The fraction of sp³-hybridized carbons (Fsp3) is 0.273. The van der Waals surface area contributed by atoms with Gasteiger partial charge in [0.2, 0.25) is 5.28 Å². The second-order valence-electron chi connectivity index (χ2n) is 4.01. The first-order valence-electron chi connectivity index (χ1n) is 5.34. The first-order valence-corrected chi connectivity index (χ1v) is 5.72. The Balaban J connectivity index is 1.98. The predicted molar refractivity (Wildman–Crippen MR) is 65.2 cm³/mol. The number of anilines is 2. The molecule has 0 saturated carbocycles. The van der Waals surface area contributed by atoms with Gasteiger partial charge in [-0.3, -0.25) is 0 Å². The van der Waals surface area contributed by atoms with Crippen molar-refractivity contribution in [3.8, 4) is 0 Å². The first-order chi connectivity index (χ1) is 8.22. The third-order valence-corrected chi connectivity index (χ3v) is 2.87. The molecule has 1 aliphatic carbocycles. The SMILES string of the molecule is Cn1cnc(Nc2nc(Cl)nc3c2C[CH-]C3)c1.